The highest BCUT2D eigenvalue weighted by molar-refractivity contribution is 5.99. The molecule has 0 bridgehead atoms. The molecule has 54 heavy (non-hydrogen) atoms. The van der Waals surface area contributed by atoms with Gasteiger partial charge < -0.3 is 39.8 Å². The number of hydrogen-bond acceptors (Lipinski definition) is 11. The first-order valence-corrected chi connectivity index (χ1v) is 19.2. The minimum Gasteiger partial charge on any atom is -0.494 e. The minimum atomic E-state index is -0.853. The number of aliphatic hydroxyl groups excluding tert-OH is 1. The molecule has 0 unspecified atom stereocenters. The molecule has 1 aromatic carbocycles. The van der Waals surface area contributed by atoms with E-state index < -0.39 is 36.0 Å². The first kappa shape index (κ1) is 42.9. The average Bonchev–Trinajstić information content (AvgIpc) is 3.91. The molecule has 0 aliphatic carbocycles. The first-order chi connectivity index (χ1) is 25.8. The smallest absolute Gasteiger partial charge is 0.303 e. The maximum absolute atomic E-state index is 12.9. The van der Waals surface area contributed by atoms with Crippen molar-refractivity contribution in [3.05, 3.63) is 65.8 Å². The average molecular weight is 753 g/mol. The highest BCUT2D eigenvalue weighted by Gasteiger charge is 2.58. The van der Waals surface area contributed by atoms with Crippen molar-refractivity contribution in [2.24, 2.45) is 16.8 Å². The van der Waals surface area contributed by atoms with Crippen LogP contribution in [0.1, 0.15) is 92.1 Å². The maximum atomic E-state index is 12.9. The summed E-state index contributed by atoms with van der Waals surface area (Å²) in [6.45, 7) is 12.6. The fourth-order valence-corrected chi connectivity index (χ4v) is 6.76. The number of hydrogen-bond donors (Lipinski definition) is 4. The van der Waals surface area contributed by atoms with E-state index in [1.54, 1.807) is 13.0 Å². The summed E-state index contributed by atoms with van der Waals surface area (Å²) < 4.78 is 29.0. The normalized spacial score (nSPS) is 29.3. The second-order valence-electron chi connectivity index (χ2n) is 14.8. The van der Waals surface area contributed by atoms with Crippen molar-refractivity contribution in [2.45, 2.75) is 135 Å². The van der Waals surface area contributed by atoms with E-state index in [9.17, 15) is 19.5 Å². The first-order valence-electron chi connectivity index (χ1n) is 19.2. The lowest BCUT2D eigenvalue weighted by Crippen LogP contribution is -2.50. The van der Waals surface area contributed by atoms with E-state index in [-0.39, 0.29) is 42.4 Å². The van der Waals surface area contributed by atoms with Gasteiger partial charge in [-0.25, -0.2) is 5.43 Å². The Morgan fingerprint density at radius 1 is 1.09 bits per heavy atom. The van der Waals surface area contributed by atoms with Crippen molar-refractivity contribution in [1.29, 1.82) is 0 Å². The number of hydrazone groups is 1. The number of epoxide rings is 1. The molecule has 3 fully saturated rings. The number of nitrogens with two attached hydrogens (primary N) is 1. The van der Waals surface area contributed by atoms with E-state index in [4.69, 9.17) is 29.4 Å². The van der Waals surface area contributed by atoms with Crippen LogP contribution in [0.4, 0.5) is 0 Å². The van der Waals surface area contributed by atoms with Crippen molar-refractivity contribution >= 4 is 23.5 Å². The van der Waals surface area contributed by atoms with Crippen molar-refractivity contribution < 1.29 is 43.2 Å². The number of carbonyl (C=O) groups excluding carboxylic acids is 3. The molecular formula is C41H60N4O9. The molecule has 3 aliphatic heterocycles. The number of ether oxygens (including phenoxy) is 5. The van der Waals surface area contributed by atoms with E-state index in [0.29, 0.717) is 38.3 Å². The van der Waals surface area contributed by atoms with Crippen molar-refractivity contribution in [3.63, 3.8) is 0 Å². The largest absolute Gasteiger partial charge is 0.494 e. The number of unbranched alkanes of at least 4 members (excludes halogenated alkanes) is 2. The monoisotopic (exact) mass is 752 g/mol. The third-order valence-corrected chi connectivity index (χ3v) is 10.1. The number of esters is 1. The molecule has 0 aromatic heterocycles. The number of nitrogens with zero attached hydrogens (tertiary/aromatic N) is 1. The lowest BCUT2D eigenvalue weighted by atomic mass is 9.87. The Bertz CT molecular complexity index is 1520. The quantitative estimate of drug-likeness (QED) is 0.0319. The fraction of sp³-hybridized carbons (Fsp3) is 0.610. The van der Waals surface area contributed by atoms with Gasteiger partial charge in [-0.2, -0.15) is 5.10 Å². The maximum Gasteiger partial charge on any atom is 0.303 e. The summed E-state index contributed by atoms with van der Waals surface area (Å²) in [5.74, 6) is 0.0319. The molecule has 13 nitrogen and oxygen atoms in total. The van der Waals surface area contributed by atoms with Gasteiger partial charge >= 0.3 is 5.97 Å². The van der Waals surface area contributed by atoms with Gasteiger partial charge in [0.05, 0.1) is 49.7 Å². The van der Waals surface area contributed by atoms with Gasteiger partial charge in [-0.05, 0) is 108 Å². The zero-order valence-electron chi connectivity index (χ0n) is 32.6. The predicted octanol–water partition coefficient (Wildman–Crippen LogP) is 4.41. The van der Waals surface area contributed by atoms with Crippen molar-refractivity contribution in [1.82, 2.24) is 10.7 Å². The van der Waals surface area contributed by atoms with Gasteiger partial charge in [0.1, 0.15) is 29.7 Å². The topological polar surface area (TPSA) is 183 Å². The summed E-state index contributed by atoms with van der Waals surface area (Å²) >= 11 is 0. The molecule has 0 saturated carbocycles. The molecule has 2 amide bonds. The number of amides is 2. The van der Waals surface area contributed by atoms with Gasteiger partial charge in [0, 0.05) is 19.4 Å². The summed E-state index contributed by atoms with van der Waals surface area (Å²) in [6, 6.07) is 7.46. The van der Waals surface area contributed by atoms with E-state index in [2.05, 4.69) is 28.8 Å². The second kappa shape index (κ2) is 20.7. The molecule has 0 radical (unpaired) electrons. The highest BCUT2D eigenvalue weighted by Crippen LogP contribution is 2.43. The van der Waals surface area contributed by atoms with Crippen molar-refractivity contribution in [3.8, 4) is 5.75 Å². The Morgan fingerprint density at radius 2 is 1.83 bits per heavy atom. The Hall–Kier alpha value is -3.88. The van der Waals surface area contributed by atoms with Crippen LogP contribution in [0.15, 0.2) is 65.3 Å². The summed E-state index contributed by atoms with van der Waals surface area (Å²) in [7, 11) is 0. The third-order valence-electron chi connectivity index (χ3n) is 10.1. The number of aliphatic hydroxyl groups is 1. The number of nitrogens with one attached hydrogen (secondary N) is 2. The SMILES string of the molecule is CC(=O)O[C@@H](C)C=CC(=O)N[C@@H]1C[C@H](C)[C@H](CC=C(C)C=C[C@H]2O[C@H](CC(=O)NN=C(C)c3ccc(OCCCCCN)cc3)C[C@@]3(CO3)[C@@H]2O)O[C@@H]1C. The van der Waals surface area contributed by atoms with Crippen LogP contribution in [0.25, 0.3) is 0 Å². The van der Waals surface area contributed by atoms with Crippen LogP contribution < -0.4 is 21.2 Å². The molecular weight excluding hydrogens is 692 g/mol. The number of allylic oxidation sites excluding steroid dienone is 2. The van der Waals surface area contributed by atoms with Crippen LogP contribution in [0.5, 0.6) is 5.75 Å². The lowest BCUT2D eigenvalue weighted by Gasteiger charge is -2.39. The van der Waals surface area contributed by atoms with Gasteiger partial charge in [-0.3, -0.25) is 14.4 Å². The number of benzene rings is 1. The molecule has 1 spiro atoms. The van der Waals surface area contributed by atoms with Gasteiger partial charge in [0.2, 0.25) is 11.8 Å². The predicted molar refractivity (Wildman–Crippen MR) is 206 cm³/mol. The van der Waals surface area contributed by atoms with Crippen molar-refractivity contribution in [2.75, 3.05) is 19.8 Å². The van der Waals surface area contributed by atoms with Crippen LogP contribution in [0, 0.1) is 5.92 Å². The highest BCUT2D eigenvalue weighted by atomic mass is 16.6. The number of rotatable bonds is 18. The van der Waals surface area contributed by atoms with Gasteiger partial charge in [0.25, 0.3) is 0 Å². The summed E-state index contributed by atoms with van der Waals surface area (Å²) in [5, 5.41) is 18.4. The van der Waals surface area contributed by atoms with E-state index in [0.717, 1.165) is 42.6 Å². The molecule has 4 rings (SSSR count). The standard InChI is InChI=1S/C41H60N4O9/c1-26(10-17-36-27(2)22-35(30(5)53-36)43-38(47)19-12-28(3)52-31(6)46)11-18-37-40(49)41(25-51-41)24-34(54-37)23-39(48)45-44-29(4)32-13-15-33(16-14-32)50-21-9-7-8-20-42/h10-16,18-19,27-28,30,34-37,40,49H,7-9,17,20-25,42H2,1-6H3,(H,43,47)(H,45,48)/t27-,28-,30+,34+,35+,36-,37+,40+,41+/m0/s1. The molecule has 9 atom stereocenters. The van der Waals surface area contributed by atoms with Crippen LogP contribution in [0.3, 0.4) is 0 Å². The fourth-order valence-electron chi connectivity index (χ4n) is 6.76. The van der Waals surface area contributed by atoms with Crippen LogP contribution in [-0.2, 0) is 33.3 Å². The van der Waals surface area contributed by atoms with Crippen LogP contribution in [-0.4, -0.2) is 96.6 Å². The Labute approximate surface area is 319 Å². The van der Waals surface area contributed by atoms with E-state index in [1.807, 2.05) is 57.2 Å². The molecule has 3 saturated heterocycles. The molecule has 1 aromatic rings. The van der Waals surface area contributed by atoms with Crippen LogP contribution in [0.2, 0.25) is 0 Å². The number of carbonyl (C=O) groups is 3. The molecule has 3 aliphatic rings. The molecule has 13 heteroatoms. The summed E-state index contributed by atoms with van der Waals surface area (Å²) in [5.41, 5.74) is 9.98. The second-order valence-corrected chi connectivity index (χ2v) is 14.8. The molecule has 5 N–H and O–H groups in total. The Kier molecular flexibility index (Phi) is 16.4. The third kappa shape index (κ3) is 13.5. The zero-order valence-corrected chi connectivity index (χ0v) is 32.6. The zero-order chi connectivity index (χ0) is 39.3. The molecule has 298 valence electrons. The Balaban J connectivity index is 1.24. The van der Waals surface area contributed by atoms with E-state index in [1.165, 1.54) is 13.0 Å². The van der Waals surface area contributed by atoms with Gasteiger partial charge in [-0.15, -0.1) is 0 Å². The lowest BCUT2D eigenvalue weighted by molar-refractivity contribution is -0.145. The van der Waals surface area contributed by atoms with Crippen LogP contribution >= 0.6 is 0 Å². The van der Waals surface area contributed by atoms with E-state index >= 15 is 0 Å². The Morgan fingerprint density at radius 3 is 2.52 bits per heavy atom. The van der Waals surface area contributed by atoms with Gasteiger partial charge in [-0.1, -0.05) is 30.7 Å². The molecule has 3 heterocycles. The minimum absolute atomic E-state index is 0.0279. The summed E-state index contributed by atoms with van der Waals surface area (Å²) in [4.78, 5) is 36.5. The van der Waals surface area contributed by atoms with Gasteiger partial charge in [0.15, 0.2) is 0 Å². The summed E-state index contributed by atoms with van der Waals surface area (Å²) in [6.07, 6.45) is 11.1.